The Balaban J connectivity index is 1.09. The van der Waals surface area contributed by atoms with Crippen molar-refractivity contribution in [3.05, 3.63) is 96.8 Å². The molecule has 0 bridgehead atoms. The molecule has 1 aromatic heterocycles. The van der Waals surface area contributed by atoms with Gasteiger partial charge in [-0.2, -0.15) is 0 Å². The summed E-state index contributed by atoms with van der Waals surface area (Å²) in [7, 11) is 1.38. The molecule has 3 N–H and O–H groups in total. The second kappa shape index (κ2) is 17.1. The number of carbonyl (C=O) groups is 3. The van der Waals surface area contributed by atoms with Crippen molar-refractivity contribution < 1.29 is 19.1 Å². The van der Waals surface area contributed by atoms with Crippen molar-refractivity contribution in [3.8, 4) is 0 Å². The molecule has 0 unspecified atom stereocenters. The van der Waals surface area contributed by atoms with Crippen molar-refractivity contribution in [3.63, 3.8) is 0 Å². The number of amides is 2. The van der Waals surface area contributed by atoms with E-state index in [0.29, 0.717) is 43.2 Å². The average Bonchev–Trinajstić information content (AvgIpc) is 3.66. The van der Waals surface area contributed by atoms with Crippen LogP contribution >= 0.6 is 0 Å². The SMILES string of the molecule is COC(=O)/C=C/C=C/[C@@H]1[C@@H]2CCC[C@H]2C=C[C@H]1/C=C/C=C/CCCC(=O)NCCC(=O)NCCc1c[nH]c2ccccc12. The summed E-state index contributed by atoms with van der Waals surface area (Å²) >= 11 is 0. The lowest BCUT2D eigenvalue weighted by atomic mass is 9.71. The first-order valence-electron chi connectivity index (χ1n) is 15.6. The molecule has 2 aliphatic rings. The number of H-pyrrole nitrogens is 1. The molecule has 2 aromatic rings. The summed E-state index contributed by atoms with van der Waals surface area (Å²) in [6.45, 7) is 0.917. The Morgan fingerprint density at radius 2 is 1.77 bits per heavy atom. The van der Waals surface area contributed by atoms with Gasteiger partial charge in [-0.15, -0.1) is 0 Å². The lowest BCUT2D eigenvalue weighted by Crippen LogP contribution is -2.31. The Morgan fingerprint density at radius 1 is 0.953 bits per heavy atom. The Bertz CT molecular complexity index is 1370. The summed E-state index contributed by atoms with van der Waals surface area (Å²) in [6.07, 6.45) is 29.4. The molecule has 4 rings (SSSR count). The predicted octanol–water partition coefficient (Wildman–Crippen LogP) is 6.12. The first kappa shape index (κ1) is 31.8. The maximum Gasteiger partial charge on any atom is 0.330 e. The van der Waals surface area contributed by atoms with Crippen LogP contribution in [0.5, 0.6) is 0 Å². The van der Waals surface area contributed by atoms with Gasteiger partial charge in [-0.3, -0.25) is 9.59 Å². The highest BCUT2D eigenvalue weighted by molar-refractivity contribution is 5.83. The number of para-hydroxylation sites is 1. The van der Waals surface area contributed by atoms with Crippen molar-refractivity contribution >= 4 is 28.7 Å². The third-order valence-corrected chi connectivity index (χ3v) is 8.44. The second-order valence-electron chi connectivity index (χ2n) is 11.3. The molecule has 2 aliphatic carbocycles. The normalized spacial score (nSPS) is 21.8. The van der Waals surface area contributed by atoms with E-state index >= 15 is 0 Å². The van der Waals surface area contributed by atoms with Crippen molar-refractivity contribution in [1.29, 1.82) is 0 Å². The van der Waals surface area contributed by atoms with E-state index in [9.17, 15) is 14.4 Å². The Morgan fingerprint density at radius 3 is 2.65 bits per heavy atom. The van der Waals surface area contributed by atoms with Crippen LogP contribution in [-0.2, 0) is 25.5 Å². The molecule has 7 nitrogen and oxygen atoms in total. The van der Waals surface area contributed by atoms with E-state index in [1.807, 2.05) is 30.5 Å². The van der Waals surface area contributed by atoms with Crippen LogP contribution < -0.4 is 10.6 Å². The van der Waals surface area contributed by atoms with Crippen LogP contribution in [-0.4, -0.2) is 43.0 Å². The fourth-order valence-electron chi connectivity index (χ4n) is 6.19. The lowest BCUT2D eigenvalue weighted by molar-refractivity contribution is -0.134. The van der Waals surface area contributed by atoms with Crippen molar-refractivity contribution in [1.82, 2.24) is 15.6 Å². The van der Waals surface area contributed by atoms with Crippen molar-refractivity contribution in [2.24, 2.45) is 23.7 Å². The minimum atomic E-state index is -0.345. The number of carbonyl (C=O) groups excluding carboxylic acids is 3. The number of ether oxygens (including phenoxy) is 1. The zero-order valence-corrected chi connectivity index (χ0v) is 25.2. The minimum absolute atomic E-state index is 0.0233. The average molecular weight is 584 g/mol. The molecule has 1 heterocycles. The fourth-order valence-corrected chi connectivity index (χ4v) is 6.19. The van der Waals surface area contributed by atoms with Gasteiger partial charge >= 0.3 is 5.97 Å². The van der Waals surface area contributed by atoms with E-state index < -0.39 is 0 Å². The van der Waals surface area contributed by atoms with Gasteiger partial charge in [-0.1, -0.05) is 79.3 Å². The monoisotopic (exact) mass is 583 g/mol. The third kappa shape index (κ3) is 9.98. The summed E-state index contributed by atoms with van der Waals surface area (Å²) in [6, 6.07) is 8.13. The fraction of sp³-hybridized carbons (Fsp3) is 0.417. The lowest BCUT2D eigenvalue weighted by Gasteiger charge is -2.33. The summed E-state index contributed by atoms with van der Waals surface area (Å²) in [5.41, 5.74) is 2.28. The number of aromatic amines is 1. The van der Waals surface area contributed by atoms with Gasteiger partial charge in [-0.05, 0) is 61.5 Å². The number of fused-ring (bicyclic) bond motifs is 2. The molecule has 0 saturated heterocycles. The Kier molecular flexibility index (Phi) is 12.6. The summed E-state index contributed by atoms with van der Waals surface area (Å²) in [4.78, 5) is 38.9. The Labute approximate surface area is 255 Å². The van der Waals surface area contributed by atoms with Crippen LogP contribution in [0.2, 0.25) is 0 Å². The van der Waals surface area contributed by atoms with Crippen LogP contribution in [0.1, 0.15) is 50.5 Å². The molecule has 43 heavy (non-hydrogen) atoms. The first-order valence-corrected chi connectivity index (χ1v) is 15.6. The number of allylic oxidation sites excluding steroid dienone is 9. The molecule has 1 aromatic carbocycles. The van der Waals surface area contributed by atoms with E-state index in [1.54, 1.807) is 6.08 Å². The summed E-state index contributed by atoms with van der Waals surface area (Å²) in [5, 5.41) is 6.98. The number of benzene rings is 1. The van der Waals surface area contributed by atoms with E-state index in [1.165, 1.54) is 43.4 Å². The van der Waals surface area contributed by atoms with Crippen LogP contribution in [0, 0.1) is 23.7 Å². The molecule has 4 atom stereocenters. The number of rotatable bonds is 15. The van der Waals surface area contributed by atoms with Gasteiger partial charge in [0.25, 0.3) is 0 Å². The van der Waals surface area contributed by atoms with Gasteiger partial charge < -0.3 is 20.4 Å². The number of esters is 1. The van der Waals surface area contributed by atoms with Gasteiger partial charge in [0, 0.05) is 55.0 Å². The quantitative estimate of drug-likeness (QED) is 0.0773. The molecule has 1 fully saturated rings. The molecule has 1 saturated carbocycles. The highest BCUT2D eigenvalue weighted by Crippen LogP contribution is 2.45. The van der Waals surface area contributed by atoms with Crippen LogP contribution in [0.25, 0.3) is 10.9 Å². The zero-order chi connectivity index (χ0) is 30.3. The van der Waals surface area contributed by atoms with Gasteiger partial charge in [0.15, 0.2) is 0 Å². The molecule has 2 amide bonds. The summed E-state index contributed by atoms with van der Waals surface area (Å²) in [5.74, 6) is 1.60. The molecular formula is C36H45N3O4. The topological polar surface area (TPSA) is 100 Å². The van der Waals surface area contributed by atoms with Crippen molar-refractivity contribution in [2.75, 3.05) is 20.2 Å². The summed E-state index contributed by atoms with van der Waals surface area (Å²) < 4.78 is 4.67. The molecule has 0 radical (unpaired) electrons. The minimum Gasteiger partial charge on any atom is -0.466 e. The molecule has 228 valence electrons. The van der Waals surface area contributed by atoms with Gasteiger partial charge in [0.2, 0.25) is 11.8 Å². The number of unbranched alkanes of at least 4 members (excludes halogenated alkanes) is 1. The molecule has 0 aliphatic heterocycles. The van der Waals surface area contributed by atoms with Gasteiger partial charge in [0.05, 0.1) is 7.11 Å². The van der Waals surface area contributed by atoms with Crippen molar-refractivity contribution in [2.45, 2.75) is 51.4 Å². The van der Waals surface area contributed by atoms with Crippen LogP contribution in [0.4, 0.5) is 0 Å². The zero-order valence-electron chi connectivity index (χ0n) is 25.2. The number of aromatic nitrogens is 1. The van der Waals surface area contributed by atoms with E-state index in [-0.39, 0.29) is 24.2 Å². The molecule has 0 spiro atoms. The maximum absolute atomic E-state index is 12.2. The molecule has 7 heteroatoms. The van der Waals surface area contributed by atoms with Crippen LogP contribution in [0.15, 0.2) is 91.2 Å². The van der Waals surface area contributed by atoms with E-state index in [2.05, 4.69) is 69.0 Å². The van der Waals surface area contributed by atoms with Gasteiger partial charge in [-0.25, -0.2) is 4.79 Å². The maximum atomic E-state index is 12.2. The molecular weight excluding hydrogens is 538 g/mol. The second-order valence-corrected chi connectivity index (χ2v) is 11.3. The first-order chi connectivity index (χ1) is 21.0. The highest BCUT2D eigenvalue weighted by atomic mass is 16.5. The van der Waals surface area contributed by atoms with E-state index in [4.69, 9.17) is 0 Å². The number of hydrogen-bond donors (Lipinski definition) is 3. The largest absolute Gasteiger partial charge is 0.466 e. The third-order valence-electron chi connectivity index (χ3n) is 8.44. The van der Waals surface area contributed by atoms with E-state index in [0.717, 1.165) is 24.8 Å². The highest BCUT2D eigenvalue weighted by Gasteiger charge is 2.36. The van der Waals surface area contributed by atoms with Crippen LogP contribution in [0.3, 0.4) is 0 Å². The smallest absolute Gasteiger partial charge is 0.330 e. The number of methoxy groups -OCH3 is 1. The predicted molar refractivity (Wildman–Crippen MR) is 172 cm³/mol. The number of hydrogen-bond acceptors (Lipinski definition) is 4. The van der Waals surface area contributed by atoms with Gasteiger partial charge in [0.1, 0.15) is 0 Å². The Hall–Kier alpha value is -4.13. The standard InChI is InChI=1S/C36H45N3O4/c1-43-36(42)19-10-8-14-30-27(20-21-28-13-11-16-31(28)30)12-5-3-2-4-6-18-34(40)38-25-23-35(41)37-24-22-29-26-39-33-17-9-7-15-32(29)33/h2-3,5,7-10,12,14-15,17,19-21,26-28,30-31,39H,4,6,11,13,16,18,22-25H2,1H3,(H,37,41)(H,38,40)/b3-2+,12-5+,14-8+,19-10+/t27-,28+,30+,31-/m1/s1. The number of nitrogens with one attached hydrogen (secondary N) is 3.